The molecule has 0 bridgehead atoms. The average Bonchev–Trinajstić information content (AvgIpc) is 2.55. The summed E-state index contributed by atoms with van der Waals surface area (Å²) >= 11 is 0. The van der Waals surface area contributed by atoms with Crippen molar-refractivity contribution in [2.75, 3.05) is 33.4 Å². The number of benzene rings is 1. The van der Waals surface area contributed by atoms with E-state index in [0.717, 1.165) is 36.9 Å². The molecule has 2 rings (SSSR count). The molecule has 23 heavy (non-hydrogen) atoms. The molecule has 0 aromatic heterocycles. The standard InChI is InChI=1S/C17H27N3O2.HI/c1-14-8-11-20(12-9-14)17(18)19-10-3-13-22-16-6-4-15(21-2)5-7-16;/h4-7,14H,3,8-13H2,1-2H3,(H2,18,19);1H. The van der Waals surface area contributed by atoms with E-state index in [1.54, 1.807) is 7.11 Å². The zero-order chi connectivity index (χ0) is 15.8. The van der Waals surface area contributed by atoms with Crippen molar-refractivity contribution < 1.29 is 9.47 Å². The van der Waals surface area contributed by atoms with Crippen molar-refractivity contribution in [1.82, 2.24) is 4.90 Å². The third-order valence-corrected chi connectivity index (χ3v) is 4.01. The van der Waals surface area contributed by atoms with Crippen molar-refractivity contribution in [2.45, 2.75) is 26.2 Å². The molecular weight excluding hydrogens is 405 g/mol. The van der Waals surface area contributed by atoms with Crippen LogP contribution in [-0.4, -0.2) is 44.2 Å². The van der Waals surface area contributed by atoms with Crippen LogP contribution in [0.4, 0.5) is 0 Å². The highest BCUT2D eigenvalue weighted by Crippen LogP contribution is 2.17. The van der Waals surface area contributed by atoms with Crippen LogP contribution in [0.2, 0.25) is 0 Å². The van der Waals surface area contributed by atoms with Crippen LogP contribution in [0.15, 0.2) is 29.3 Å². The zero-order valence-corrected chi connectivity index (χ0v) is 16.4. The van der Waals surface area contributed by atoms with Gasteiger partial charge < -0.3 is 20.1 Å². The van der Waals surface area contributed by atoms with E-state index in [9.17, 15) is 0 Å². The maximum absolute atomic E-state index is 6.04. The predicted molar refractivity (Wildman–Crippen MR) is 105 cm³/mol. The van der Waals surface area contributed by atoms with Gasteiger partial charge in [0, 0.05) is 26.1 Å². The van der Waals surface area contributed by atoms with Gasteiger partial charge in [0.2, 0.25) is 0 Å². The van der Waals surface area contributed by atoms with Crippen LogP contribution in [0.3, 0.4) is 0 Å². The van der Waals surface area contributed by atoms with E-state index >= 15 is 0 Å². The summed E-state index contributed by atoms with van der Waals surface area (Å²) in [5, 5.41) is 0. The van der Waals surface area contributed by atoms with Gasteiger partial charge in [-0.2, -0.15) is 0 Å². The van der Waals surface area contributed by atoms with Gasteiger partial charge in [-0.25, -0.2) is 0 Å². The minimum atomic E-state index is 0. The Morgan fingerprint density at radius 1 is 1.22 bits per heavy atom. The summed E-state index contributed by atoms with van der Waals surface area (Å²) in [5.41, 5.74) is 6.04. The number of aliphatic imine (C=N–C) groups is 1. The van der Waals surface area contributed by atoms with Crippen LogP contribution in [-0.2, 0) is 0 Å². The highest BCUT2D eigenvalue weighted by atomic mass is 127. The molecule has 0 spiro atoms. The number of hydrogen-bond donors (Lipinski definition) is 1. The summed E-state index contributed by atoms with van der Waals surface area (Å²) in [7, 11) is 1.65. The lowest BCUT2D eigenvalue weighted by Crippen LogP contribution is -2.42. The maximum atomic E-state index is 6.04. The van der Waals surface area contributed by atoms with E-state index in [1.807, 2.05) is 24.3 Å². The van der Waals surface area contributed by atoms with Gasteiger partial charge in [0.1, 0.15) is 11.5 Å². The third-order valence-electron chi connectivity index (χ3n) is 4.01. The molecule has 0 atom stereocenters. The molecule has 1 aliphatic heterocycles. The van der Waals surface area contributed by atoms with Crippen molar-refractivity contribution in [3.63, 3.8) is 0 Å². The zero-order valence-electron chi connectivity index (χ0n) is 14.0. The molecule has 2 N–H and O–H groups in total. The minimum Gasteiger partial charge on any atom is -0.497 e. The Bertz CT molecular complexity index is 471. The number of hydrogen-bond acceptors (Lipinski definition) is 3. The van der Waals surface area contributed by atoms with Crippen LogP contribution in [0.1, 0.15) is 26.2 Å². The fourth-order valence-electron chi connectivity index (χ4n) is 2.46. The van der Waals surface area contributed by atoms with Gasteiger partial charge in [-0.05, 0) is 43.0 Å². The first kappa shape index (κ1) is 19.9. The lowest BCUT2D eigenvalue weighted by atomic mass is 10.00. The van der Waals surface area contributed by atoms with Crippen molar-refractivity contribution >= 4 is 29.9 Å². The number of methoxy groups -OCH3 is 1. The fraction of sp³-hybridized carbons (Fsp3) is 0.588. The molecule has 1 fully saturated rings. The number of halogens is 1. The van der Waals surface area contributed by atoms with Crippen LogP contribution in [0.25, 0.3) is 0 Å². The molecule has 1 aromatic carbocycles. The monoisotopic (exact) mass is 433 g/mol. The smallest absolute Gasteiger partial charge is 0.191 e. The quantitative estimate of drug-likeness (QED) is 0.324. The van der Waals surface area contributed by atoms with Crippen molar-refractivity contribution in [2.24, 2.45) is 16.6 Å². The molecule has 1 heterocycles. The van der Waals surface area contributed by atoms with Gasteiger partial charge in [-0.15, -0.1) is 24.0 Å². The molecule has 1 aromatic rings. The van der Waals surface area contributed by atoms with E-state index in [1.165, 1.54) is 12.8 Å². The predicted octanol–water partition coefficient (Wildman–Crippen LogP) is 3.13. The highest BCUT2D eigenvalue weighted by Gasteiger charge is 2.16. The third kappa shape index (κ3) is 6.85. The molecule has 1 saturated heterocycles. The van der Waals surface area contributed by atoms with E-state index in [4.69, 9.17) is 15.2 Å². The Labute approximate surface area is 156 Å². The molecule has 6 heteroatoms. The summed E-state index contributed by atoms with van der Waals surface area (Å²) < 4.78 is 10.8. The van der Waals surface area contributed by atoms with Gasteiger partial charge in [0.15, 0.2) is 5.96 Å². The number of nitrogens with two attached hydrogens (primary N) is 1. The summed E-state index contributed by atoms with van der Waals surface area (Å²) in [5.74, 6) is 3.17. The van der Waals surface area contributed by atoms with Crippen LogP contribution in [0.5, 0.6) is 11.5 Å². The Kier molecular flexibility index (Phi) is 9.13. The topological polar surface area (TPSA) is 60.1 Å². The summed E-state index contributed by atoms with van der Waals surface area (Å²) in [6.07, 6.45) is 3.27. The molecule has 0 aliphatic carbocycles. The van der Waals surface area contributed by atoms with Crippen LogP contribution < -0.4 is 15.2 Å². The SMILES string of the molecule is COc1ccc(OCCCN=C(N)N2CCC(C)CC2)cc1.I. The number of guanidine groups is 1. The van der Waals surface area contributed by atoms with E-state index in [-0.39, 0.29) is 24.0 Å². The molecule has 0 radical (unpaired) electrons. The Morgan fingerprint density at radius 3 is 2.43 bits per heavy atom. The molecule has 130 valence electrons. The normalized spacial score (nSPS) is 15.9. The summed E-state index contributed by atoms with van der Waals surface area (Å²) in [6.45, 7) is 5.69. The first-order chi connectivity index (χ1) is 10.7. The van der Waals surface area contributed by atoms with Crippen molar-refractivity contribution in [3.8, 4) is 11.5 Å². The maximum Gasteiger partial charge on any atom is 0.191 e. The molecule has 5 nitrogen and oxygen atoms in total. The largest absolute Gasteiger partial charge is 0.497 e. The second-order valence-electron chi connectivity index (χ2n) is 5.79. The molecule has 0 amide bonds. The number of ether oxygens (including phenoxy) is 2. The molecular formula is C17H28IN3O2. The van der Waals surface area contributed by atoms with Gasteiger partial charge in [-0.3, -0.25) is 4.99 Å². The average molecular weight is 433 g/mol. The van der Waals surface area contributed by atoms with Gasteiger partial charge in [0.05, 0.1) is 13.7 Å². The van der Waals surface area contributed by atoms with Crippen LogP contribution >= 0.6 is 24.0 Å². The first-order valence-electron chi connectivity index (χ1n) is 8.00. The Balaban J connectivity index is 0.00000264. The Morgan fingerprint density at radius 2 is 1.83 bits per heavy atom. The van der Waals surface area contributed by atoms with E-state index in [0.29, 0.717) is 19.1 Å². The minimum absolute atomic E-state index is 0. The van der Waals surface area contributed by atoms with Gasteiger partial charge in [-0.1, -0.05) is 6.92 Å². The van der Waals surface area contributed by atoms with Crippen molar-refractivity contribution in [1.29, 1.82) is 0 Å². The lowest BCUT2D eigenvalue weighted by molar-refractivity contribution is 0.277. The van der Waals surface area contributed by atoms with Gasteiger partial charge in [0.25, 0.3) is 0 Å². The molecule has 1 aliphatic rings. The fourth-order valence-corrected chi connectivity index (χ4v) is 2.46. The van der Waals surface area contributed by atoms with Gasteiger partial charge >= 0.3 is 0 Å². The molecule has 0 unspecified atom stereocenters. The highest BCUT2D eigenvalue weighted by molar-refractivity contribution is 14.0. The summed E-state index contributed by atoms with van der Waals surface area (Å²) in [4.78, 5) is 6.64. The van der Waals surface area contributed by atoms with E-state index in [2.05, 4.69) is 16.8 Å². The van der Waals surface area contributed by atoms with Crippen LogP contribution in [0, 0.1) is 5.92 Å². The van der Waals surface area contributed by atoms with Crippen molar-refractivity contribution in [3.05, 3.63) is 24.3 Å². The van der Waals surface area contributed by atoms with E-state index < -0.39 is 0 Å². The molecule has 0 saturated carbocycles. The second kappa shape index (κ2) is 10.6. The lowest BCUT2D eigenvalue weighted by Gasteiger charge is -2.31. The Hall–Kier alpha value is -1.18. The second-order valence-corrected chi connectivity index (χ2v) is 5.79. The number of likely N-dealkylation sites (tertiary alicyclic amines) is 1. The number of nitrogens with zero attached hydrogens (tertiary/aromatic N) is 2. The summed E-state index contributed by atoms with van der Waals surface area (Å²) in [6, 6.07) is 7.60. The first-order valence-corrected chi connectivity index (χ1v) is 8.00. The number of piperidine rings is 1. The number of rotatable bonds is 6.